The number of hydrogen-bond acceptors (Lipinski definition) is 8. The summed E-state index contributed by atoms with van der Waals surface area (Å²) >= 11 is 1.43. The van der Waals surface area contributed by atoms with E-state index < -0.39 is 0 Å². The molecule has 10 nitrogen and oxygen atoms in total. The normalized spacial score (nSPS) is 11.6. The lowest BCUT2D eigenvalue weighted by Gasteiger charge is -2.00. The molecule has 0 aliphatic rings. The number of H-pyrrole nitrogens is 2. The summed E-state index contributed by atoms with van der Waals surface area (Å²) in [5, 5.41) is 21.4. The molecule has 6 aromatic rings. The Labute approximate surface area is 196 Å². The second-order valence-corrected chi connectivity index (χ2v) is 8.93. The molecule has 0 spiro atoms. The van der Waals surface area contributed by atoms with Crippen molar-refractivity contribution < 1.29 is 9.90 Å². The lowest BCUT2D eigenvalue weighted by Crippen LogP contribution is -1.91. The molecule has 0 aromatic carbocycles. The van der Waals surface area contributed by atoms with E-state index in [4.69, 9.17) is 9.97 Å². The van der Waals surface area contributed by atoms with Crippen LogP contribution in [0, 0.1) is 0 Å². The number of Topliss-reactive ketones (excluding diaryl/α,β-unsaturated/α-hetero) is 1. The number of rotatable bonds is 5. The molecule has 168 valence electrons. The van der Waals surface area contributed by atoms with Crippen molar-refractivity contribution in [1.82, 2.24) is 39.9 Å². The molecule has 0 aliphatic heterocycles. The van der Waals surface area contributed by atoms with Crippen LogP contribution in [0.4, 0.5) is 0 Å². The lowest BCUT2D eigenvalue weighted by molar-refractivity contribution is 0.102. The number of aromatic amines is 2. The largest absolute Gasteiger partial charge is 0.390 e. The fourth-order valence-corrected chi connectivity index (χ4v) is 4.90. The fourth-order valence-electron chi connectivity index (χ4n) is 3.97. The Kier molecular flexibility index (Phi) is 4.61. The van der Waals surface area contributed by atoms with Gasteiger partial charge in [0.2, 0.25) is 0 Å². The molecule has 0 radical (unpaired) electrons. The summed E-state index contributed by atoms with van der Waals surface area (Å²) in [5.74, 6) is 0.565. The summed E-state index contributed by atoms with van der Waals surface area (Å²) in [4.78, 5) is 30.7. The molecule has 0 saturated carbocycles. The van der Waals surface area contributed by atoms with Crippen molar-refractivity contribution >= 4 is 39.3 Å². The molecule has 6 rings (SSSR count). The van der Waals surface area contributed by atoms with Crippen molar-refractivity contribution in [3.05, 3.63) is 53.3 Å². The first-order chi connectivity index (χ1) is 16.5. The highest BCUT2D eigenvalue weighted by Crippen LogP contribution is 2.34. The Bertz CT molecular complexity index is 1710. The number of aromatic nitrogens is 8. The lowest BCUT2D eigenvalue weighted by atomic mass is 10.1. The van der Waals surface area contributed by atoms with Crippen molar-refractivity contribution in [1.29, 1.82) is 0 Å². The van der Waals surface area contributed by atoms with E-state index in [0.717, 1.165) is 21.5 Å². The zero-order valence-corrected chi connectivity index (χ0v) is 19.0. The smallest absolute Gasteiger partial charge is 0.169 e. The van der Waals surface area contributed by atoms with E-state index in [9.17, 15) is 9.90 Å². The van der Waals surface area contributed by atoms with Crippen LogP contribution in [0.1, 0.15) is 22.3 Å². The van der Waals surface area contributed by atoms with E-state index >= 15 is 0 Å². The summed E-state index contributed by atoms with van der Waals surface area (Å²) in [6.07, 6.45) is 3.54. The van der Waals surface area contributed by atoms with E-state index in [1.807, 2.05) is 36.5 Å². The second kappa shape index (κ2) is 7.68. The molecule has 0 bridgehead atoms. The van der Waals surface area contributed by atoms with Gasteiger partial charge >= 0.3 is 0 Å². The minimum absolute atomic E-state index is 0.0344. The number of nitrogens with zero attached hydrogens (tertiary/aromatic N) is 6. The Morgan fingerprint density at radius 3 is 2.79 bits per heavy atom. The number of imidazole rings is 1. The number of pyridine rings is 2. The molecular formula is C23H18N8O2S. The van der Waals surface area contributed by atoms with Crippen LogP contribution in [0.2, 0.25) is 0 Å². The number of nitrogens with one attached hydrogen (secondary N) is 2. The van der Waals surface area contributed by atoms with Crippen LogP contribution in [0.15, 0.2) is 42.7 Å². The maximum Gasteiger partial charge on any atom is 0.169 e. The Hall–Kier alpha value is -4.22. The molecule has 34 heavy (non-hydrogen) atoms. The van der Waals surface area contributed by atoms with Gasteiger partial charge in [0.1, 0.15) is 11.0 Å². The number of aliphatic hydroxyl groups is 1. The van der Waals surface area contributed by atoms with Crippen molar-refractivity contribution in [3.8, 4) is 33.2 Å². The quantitative estimate of drug-likeness (QED) is 0.326. The minimum Gasteiger partial charge on any atom is -0.390 e. The second-order valence-electron chi connectivity index (χ2n) is 7.85. The van der Waals surface area contributed by atoms with Gasteiger partial charge in [0.05, 0.1) is 28.4 Å². The van der Waals surface area contributed by atoms with Crippen LogP contribution in [-0.4, -0.2) is 50.8 Å². The van der Waals surface area contributed by atoms with Crippen LogP contribution >= 0.6 is 11.3 Å². The number of fused-ring (bicyclic) bond motifs is 2. The molecule has 0 fully saturated rings. The summed E-state index contributed by atoms with van der Waals surface area (Å²) in [5.41, 5.74) is 6.14. The first-order valence-corrected chi connectivity index (χ1v) is 11.3. The molecular weight excluding hydrogens is 452 g/mol. The van der Waals surface area contributed by atoms with E-state index in [2.05, 4.69) is 25.3 Å². The van der Waals surface area contributed by atoms with Crippen LogP contribution in [0.3, 0.4) is 0 Å². The molecule has 0 atom stereocenters. The topological polar surface area (TPSA) is 138 Å². The maximum absolute atomic E-state index is 11.7. The van der Waals surface area contributed by atoms with Crippen molar-refractivity contribution in [2.45, 2.75) is 13.5 Å². The van der Waals surface area contributed by atoms with Gasteiger partial charge in [0.15, 0.2) is 22.9 Å². The van der Waals surface area contributed by atoms with E-state index in [-0.39, 0.29) is 12.4 Å². The number of carbonyl (C=O) groups excluding carboxylic acids is 1. The molecule has 6 aromatic heterocycles. The van der Waals surface area contributed by atoms with Gasteiger partial charge in [-0.15, -0.1) is 11.3 Å². The third kappa shape index (κ3) is 3.21. The molecule has 3 N–H and O–H groups in total. The first kappa shape index (κ1) is 20.4. The number of aliphatic hydroxyl groups excluding tert-OH is 1. The molecule has 0 aliphatic carbocycles. The minimum atomic E-state index is -0.180. The van der Waals surface area contributed by atoms with E-state index in [0.29, 0.717) is 44.5 Å². The standard InChI is InChI=1S/C23H18N8O2S/c1-11(33)17-5-6-18(34-17)12-7-8-24-22-19(12)26-23(27-22)21-20-15(28-29-21)4-3-14(25-20)13-9-31(2)30-16(13)10-32/h3-9,32H,10H2,1-2H3,(H,28,29)(H,24,26,27). The zero-order valence-electron chi connectivity index (χ0n) is 18.2. The molecule has 0 saturated heterocycles. The Morgan fingerprint density at radius 2 is 2.00 bits per heavy atom. The van der Waals surface area contributed by atoms with Gasteiger partial charge in [-0.1, -0.05) is 0 Å². The Morgan fingerprint density at radius 1 is 1.12 bits per heavy atom. The van der Waals surface area contributed by atoms with Gasteiger partial charge in [-0.2, -0.15) is 10.2 Å². The Balaban J connectivity index is 1.48. The third-order valence-electron chi connectivity index (χ3n) is 5.57. The average molecular weight is 471 g/mol. The summed E-state index contributed by atoms with van der Waals surface area (Å²) in [6.45, 7) is 1.38. The summed E-state index contributed by atoms with van der Waals surface area (Å²) in [7, 11) is 1.80. The van der Waals surface area contributed by atoms with Crippen LogP contribution in [0.25, 0.3) is 55.4 Å². The third-order valence-corrected chi connectivity index (χ3v) is 6.79. The van der Waals surface area contributed by atoms with Gasteiger partial charge < -0.3 is 10.1 Å². The first-order valence-electron chi connectivity index (χ1n) is 10.5. The van der Waals surface area contributed by atoms with E-state index in [1.54, 1.807) is 24.9 Å². The maximum atomic E-state index is 11.7. The fraction of sp³-hybridized carbons (Fsp3) is 0.130. The number of thiophene rings is 1. The molecule has 6 heterocycles. The van der Waals surface area contributed by atoms with E-state index in [1.165, 1.54) is 11.3 Å². The van der Waals surface area contributed by atoms with Crippen LogP contribution in [-0.2, 0) is 13.7 Å². The van der Waals surface area contributed by atoms with Gasteiger partial charge in [-0.3, -0.25) is 14.6 Å². The van der Waals surface area contributed by atoms with Crippen LogP contribution < -0.4 is 0 Å². The highest BCUT2D eigenvalue weighted by molar-refractivity contribution is 7.17. The van der Waals surface area contributed by atoms with Gasteiger partial charge in [-0.25, -0.2) is 15.0 Å². The number of hydrogen-bond donors (Lipinski definition) is 3. The predicted molar refractivity (Wildman–Crippen MR) is 128 cm³/mol. The number of aryl methyl sites for hydroxylation is 1. The number of ketones is 1. The molecule has 0 unspecified atom stereocenters. The highest BCUT2D eigenvalue weighted by Gasteiger charge is 2.19. The van der Waals surface area contributed by atoms with Crippen LogP contribution in [0.5, 0.6) is 0 Å². The molecule has 11 heteroatoms. The number of carbonyl (C=O) groups is 1. The van der Waals surface area contributed by atoms with Crippen molar-refractivity contribution in [3.63, 3.8) is 0 Å². The average Bonchev–Trinajstić information content (AvgIpc) is 3.62. The zero-order chi connectivity index (χ0) is 23.4. The van der Waals surface area contributed by atoms with Gasteiger partial charge in [0, 0.05) is 35.4 Å². The van der Waals surface area contributed by atoms with Crippen molar-refractivity contribution in [2.75, 3.05) is 0 Å². The monoisotopic (exact) mass is 470 g/mol. The SMILES string of the molecule is CC(=O)c1ccc(-c2ccnc3[nH]c(-c4n[nH]c5ccc(-c6cn(C)nc6CO)nc45)nc23)s1. The van der Waals surface area contributed by atoms with Gasteiger partial charge in [-0.05, 0) is 37.3 Å². The van der Waals surface area contributed by atoms with Gasteiger partial charge in [0.25, 0.3) is 0 Å². The predicted octanol–water partition coefficient (Wildman–Crippen LogP) is 3.72. The summed E-state index contributed by atoms with van der Waals surface area (Å²) in [6, 6.07) is 9.40. The molecule has 0 amide bonds. The highest BCUT2D eigenvalue weighted by atomic mass is 32.1. The summed E-state index contributed by atoms with van der Waals surface area (Å²) < 4.78 is 1.65. The van der Waals surface area contributed by atoms with Crippen molar-refractivity contribution in [2.24, 2.45) is 7.05 Å².